The van der Waals surface area contributed by atoms with Crippen LogP contribution in [0.5, 0.6) is 0 Å². The molecule has 0 atom stereocenters. The van der Waals surface area contributed by atoms with Gasteiger partial charge in [-0.25, -0.2) is 0 Å². The molecule has 0 N–H and O–H groups in total. The monoisotopic (exact) mass is 254 g/mol. The Balaban J connectivity index is 3.04. The van der Waals surface area contributed by atoms with Gasteiger partial charge in [-0.15, -0.1) is 0 Å². The maximum atomic E-state index is 12.1. The van der Waals surface area contributed by atoms with Crippen LogP contribution < -0.4 is 0 Å². The third kappa shape index (κ3) is 2.74. The second-order valence-electron chi connectivity index (χ2n) is 4.76. The van der Waals surface area contributed by atoms with Crippen LogP contribution in [0.4, 0.5) is 0 Å². The van der Waals surface area contributed by atoms with Crippen molar-refractivity contribution in [2.75, 3.05) is 13.2 Å². The van der Waals surface area contributed by atoms with Crippen molar-refractivity contribution in [1.29, 1.82) is 0 Å². The summed E-state index contributed by atoms with van der Waals surface area (Å²) < 4.78 is 10.1. The molecule has 0 unspecified atom stereocenters. The van der Waals surface area contributed by atoms with Gasteiger partial charge in [-0.05, 0) is 47.0 Å². The summed E-state index contributed by atoms with van der Waals surface area (Å²) >= 11 is 0. The van der Waals surface area contributed by atoms with Gasteiger partial charge in [0.2, 0.25) is 0 Å². The van der Waals surface area contributed by atoms with Gasteiger partial charge in [-0.2, -0.15) is 0 Å². The summed E-state index contributed by atoms with van der Waals surface area (Å²) in [5, 5.41) is 0. The molecule has 0 aliphatic heterocycles. The highest BCUT2D eigenvalue weighted by Gasteiger charge is 2.50. The second kappa shape index (κ2) is 6.03. The Hall–Kier alpha value is -1.32. The Kier molecular flexibility index (Phi) is 4.93. The van der Waals surface area contributed by atoms with Crippen LogP contribution in [0.2, 0.25) is 0 Å². The summed E-state index contributed by atoms with van der Waals surface area (Å²) in [5.41, 5.74) is 1.21. The van der Waals surface area contributed by atoms with E-state index in [9.17, 15) is 9.59 Å². The molecule has 0 fully saturated rings. The first-order chi connectivity index (χ1) is 8.47. The van der Waals surface area contributed by atoms with E-state index in [4.69, 9.17) is 9.47 Å². The highest BCUT2D eigenvalue weighted by atomic mass is 16.6. The number of hydrogen-bond acceptors (Lipinski definition) is 4. The van der Waals surface area contributed by atoms with Gasteiger partial charge in [0.05, 0.1) is 13.2 Å². The van der Waals surface area contributed by atoms with Gasteiger partial charge in [0.15, 0.2) is 5.41 Å². The maximum absolute atomic E-state index is 12.1. The number of esters is 2. The van der Waals surface area contributed by atoms with Crippen LogP contribution in [0, 0.1) is 5.41 Å². The zero-order valence-electron chi connectivity index (χ0n) is 11.7. The van der Waals surface area contributed by atoms with E-state index in [2.05, 4.69) is 0 Å². The molecule has 0 saturated heterocycles. The number of hydrogen-bond donors (Lipinski definition) is 0. The Bertz CT molecular complexity index is 350. The number of allylic oxidation sites excluding steroid dienone is 2. The molecule has 0 saturated carbocycles. The number of ether oxygens (including phenoxy) is 2. The predicted molar refractivity (Wildman–Crippen MR) is 67.9 cm³/mol. The van der Waals surface area contributed by atoms with E-state index in [1.165, 1.54) is 5.57 Å². The summed E-state index contributed by atoms with van der Waals surface area (Å²) in [6, 6.07) is 0. The Morgan fingerprint density at radius 3 is 1.94 bits per heavy atom. The van der Waals surface area contributed by atoms with E-state index in [1.807, 2.05) is 13.8 Å². The van der Waals surface area contributed by atoms with Gasteiger partial charge in [-0.1, -0.05) is 11.1 Å². The van der Waals surface area contributed by atoms with Crippen LogP contribution in [-0.2, 0) is 19.1 Å². The van der Waals surface area contributed by atoms with Gasteiger partial charge in [-0.3, -0.25) is 9.59 Å². The van der Waals surface area contributed by atoms with Crippen molar-refractivity contribution in [3.63, 3.8) is 0 Å². The molecular formula is C14H22O4. The zero-order chi connectivity index (χ0) is 13.8. The van der Waals surface area contributed by atoms with Crippen LogP contribution in [0.1, 0.15) is 47.0 Å². The summed E-state index contributed by atoms with van der Waals surface area (Å²) in [7, 11) is 0. The minimum atomic E-state index is -1.13. The van der Waals surface area contributed by atoms with Crippen molar-refractivity contribution in [1.82, 2.24) is 0 Å². The average Bonchev–Trinajstić information content (AvgIpc) is 2.33. The Morgan fingerprint density at radius 1 is 1.06 bits per heavy atom. The lowest BCUT2D eigenvalue weighted by Gasteiger charge is -2.33. The molecule has 4 nitrogen and oxygen atoms in total. The molecule has 4 heteroatoms. The van der Waals surface area contributed by atoms with E-state index in [1.54, 1.807) is 13.8 Å². The number of carbonyl (C=O) groups excluding carboxylic acids is 2. The molecule has 0 radical (unpaired) electrons. The van der Waals surface area contributed by atoms with Crippen molar-refractivity contribution in [2.45, 2.75) is 47.0 Å². The van der Waals surface area contributed by atoms with Crippen LogP contribution in [0.25, 0.3) is 0 Å². The van der Waals surface area contributed by atoms with Gasteiger partial charge in [0, 0.05) is 0 Å². The predicted octanol–water partition coefficient (Wildman–Crippen LogP) is 2.62. The first kappa shape index (κ1) is 14.7. The molecule has 0 spiro atoms. The van der Waals surface area contributed by atoms with Gasteiger partial charge < -0.3 is 9.47 Å². The third-order valence-corrected chi connectivity index (χ3v) is 3.55. The van der Waals surface area contributed by atoms with Gasteiger partial charge >= 0.3 is 11.9 Å². The van der Waals surface area contributed by atoms with Crippen molar-refractivity contribution in [3.05, 3.63) is 11.1 Å². The fourth-order valence-corrected chi connectivity index (χ4v) is 2.28. The molecule has 1 aliphatic carbocycles. The summed E-state index contributed by atoms with van der Waals surface area (Å²) in [6.45, 7) is 8.04. The second-order valence-corrected chi connectivity index (χ2v) is 4.76. The van der Waals surface area contributed by atoms with E-state index in [-0.39, 0.29) is 13.2 Å². The first-order valence-electron chi connectivity index (χ1n) is 6.47. The molecule has 0 aromatic carbocycles. The zero-order valence-corrected chi connectivity index (χ0v) is 11.7. The fraction of sp³-hybridized carbons (Fsp3) is 0.714. The standard InChI is InChI=1S/C14H22O4/c1-5-17-12(15)14(13(16)18-6-2)8-7-10(3)11(4)9-14/h5-9H2,1-4H3. The molecule has 102 valence electrons. The number of carbonyl (C=O) groups is 2. The quantitative estimate of drug-likeness (QED) is 0.439. The molecule has 1 rings (SSSR count). The lowest BCUT2D eigenvalue weighted by atomic mass is 9.72. The minimum Gasteiger partial charge on any atom is -0.465 e. The van der Waals surface area contributed by atoms with Crippen molar-refractivity contribution in [3.8, 4) is 0 Å². The summed E-state index contributed by atoms with van der Waals surface area (Å²) in [6.07, 6.45) is 1.63. The van der Waals surface area contributed by atoms with Gasteiger partial charge in [0.1, 0.15) is 0 Å². The number of rotatable bonds is 4. The normalized spacial score (nSPS) is 18.4. The maximum Gasteiger partial charge on any atom is 0.323 e. The van der Waals surface area contributed by atoms with E-state index < -0.39 is 17.4 Å². The largest absolute Gasteiger partial charge is 0.465 e. The van der Waals surface area contributed by atoms with Crippen LogP contribution in [0.3, 0.4) is 0 Å². The van der Waals surface area contributed by atoms with Crippen LogP contribution >= 0.6 is 0 Å². The average molecular weight is 254 g/mol. The highest BCUT2D eigenvalue weighted by Crippen LogP contribution is 2.41. The lowest BCUT2D eigenvalue weighted by Crippen LogP contribution is -2.43. The van der Waals surface area contributed by atoms with E-state index in [0.717, 1.165) is 12.0 Å². The van der Waals surface area contributed by atoms with Crippen LogP contribution in [-0.4, -0.2) is 25.2 Å². The summed E-state index contributed by atoms with van der Waals surface area (Å²) in [5.74, 6) is -0.898. The first-order valence-corrected chi connectivity index (χ1v) is 6.47. The molecule has 18 heavy (non-hydrogen) atoms. The van der Waals surface area contributed by atoms with Crippen molar-refractivity contribution < 1.29 is 19.1 Å². The highest BCUT2D eigenvalue weighted by molar-refractivity contribution is 6.00. The van der Waals surface area contributed by atoms with Crippen molar-refractivity contribution >= 4 is 11.9 Å². The fourth-order valence-electron chi connectivity index (χ4n) is 2.28. The SMILES string of the molecule is CCOC(=O)C1(C(=O)OCC)CCC(C)=C(C)C1. The minimum absolute atomic E-state index is 0.279. The molecular weight excluding hydrogens is 232 g/mol. The molecule has 1 aliphatic rings. The summed E-state index contributed by atoms with van der Waals surface area (Å²) in [4.78, 5) is 24.3. The third-order valence-electron chi connectivity index (χ3n) is 3.55. The van der Waals surface area contributed by atoms with Crippen molar-refractivity contribution in [2.24, 2.45) is 5.41 Å². The van der Waals surface area contributed by atoms with E-state index >= 15 is 0 Å². The molecule has 0 aromatic heterocycles. The molecule has 0 amide bonds. The van der Waals surface area contributed by atoms with E-state index in [0.29, 0.717) is 12.8 Å². The Labute approximate surface area is 108 Å². The lowest BCUT2D eigenvalue weighted by molar-refractivity contribution is -0.173. The smallest absolute Gasteiger partial charge is 0.323 e. The van der Waals surface area contributed by atoms with Gasteiger partial charge in [0.25, 0.3) is 0 Å². The Morgan fingerprint density at radius 2 is 1.56 bits per heavy atom. The molecule has 0 heterocycles. The molecule has 0 bridgehead atoms. The topological polar surface area (TPSA) is 52.6 Å². The molecule has 0 aromatic rings. The van der Waals surface area contributed by atoms with Crippen LogP contribution in [0.15, 0.2) is 11.1 Å².